The number of aryl methyl sites for hydroxylation is 1. The highest BCUT2D eigenvalue weighted by molar-refractivity contribution is 5.94. The van der Waals surface area contributed by atoms with Gasteiger partial charge in [0.25, 0.3) is 0 Å². The number of anilines is 1. The quantitative estimate of drug-likeness (QED) is 0.783. The zero-order valence-corrected chi connectivity index (χ0v) is 17.9. The van der Waals surface area contributed by atoms with Crippen molar-refractivity contribution in [2.24, 2.45) is 0 Å². The van der Waals surface area contributed by atoms with E-state index in [4.69, 9.17) is 5.10 Å². The molecular formula is C22H32N4O2. The number of nitrogens with zero attached hydrogens (tertiary/aromatic N) is 3. The molecule has 1 aromatic heterocycles. The molecule has 0 unspecified atom stereocenters. The highest BCUT2D eigenvalue weighted by Crippen LogP contribution is 2.26. The first kappa shape index (κ1) is 21.7. The SMILES string of the molecule is CCCCC(=O)N(C)CC(=O)Nc1cc(C(C)(C)C)nn1-c1ccc(C)cc1. The molecule has 0 aliphatic rings. The molecule has 1 heterocycles. The molecule has 0 saturated heterocycles. The number of carbonyl (C=O) groups excluding carboxylic acids is 2. The number of hydrogen-bond donors (Lipinski definition) is 1. The Morgan fingerprint density at radius 1 is 1.18 bits per heavy atom. The zero-order valence-electron chi connectivity index (χ0n) is 17.9. The highest BCUT2D eigenvalue weighted by atomic mass is 16.2. The first-order valence-electron chi connectivity index (χ1n) is 9.83. The van der Waals surface area contributed by atoms with Gasteiger partial charge in [0.1, 0.15) is 5.82 Å². The van der Waals surface area contributed by atoms with E-state index in [2.05, 4.69) is 26.1 Å². The van der Waals surface area contributed by atoms with Crippen LogP contribution in [0, 0.1) is 6.92 Å². The molecule has 6 heteroatoms. The molecule has 0 spiro atoms. The van der Waals surface area contributed by atoms with Gasteiger partial charge < -0.3 is 10.2 Å². The summed E-state index contributed by atoms with van der Waals surface area (Å²) in [5.41, 5.74) is 2.77. The fourth-order valence-corrected chi connectivity index (χ4v) is 2.72. The first-order chi connectivity index (χ1) is 13.1. The van der Waals surface area contributed by atoms with Gasteiger partial charge in [-0.25, -0.2) is 4.68 Å². The van der Waals surface area contributed by atoms with E-state index in [9.17, 15) is 9.59 Å². The first-order valence-corrected chi connectivity index (χ1v) is 9.83. The molecule has 2 aromatic rings. The van der Waals surface area contributed by atoms with Crippen molar-refractivity contribution in [3.8, 4) is 5.69 Å². The minimum atomic E-state index is -0.235. The molecule has 28 heavy (non-hydrogen) atoms. The molecule has 0 aliphatic carbocycles. The summed E-state index contributed by atoms with van der Waals surface area (Å²) >= 11 is 0. The molecule has 0 bridgehead atoms. The van der Waals surface area contributed by atoms with Crippen LogP contribution in [0.3, 0.4) is 0 Å². The van der Waals surface area contributed by atoms with Crippen molar-refractivity contribution < 1.29 is 9.59 Å². The van der Waals surface area contributed by atoms with E-state index < -0.39 is 0 Å². The van der Waals surface area contributed by atoms with E-state index in [1.807, 2.05) is 44.2 Å². The van der Waals surface area contributed by atoms with Crippen LogP contribution in [-0.4, -0.2) is 40.1 Å². The Morgan fingerprint density at radius 2 is 1.82 bits per heavy atom. The third-order valence-corrected chi connectivity index (χ3v) is 4.57. The smallest absolute Gasteiger partial charge is 0.245 e. The fraction of sp³-hybridized carbons (Fsp3) is 0.500. The van der Waals surface area contributed by atoms with Crippen LogP contribution >= 0.6 is 0 Å². The van der Waals surface area contributed by atoms with Gasteiger partial charge in [-0.15, -0.1) is 0 Å². The van der Waals surface area contributed by atoms with Gasteiger partial charge in [-0.3, -0.25) is 9.59 Å². The van der Waals surface area contributed by atoms with Gasteiger partial charge in [-0.05, 0) is 25.5 Å². The predicted molar refractivity (Wildman–Crippen MR) is 113 cm³/mol. The third-order valence-electron chi connectivity index (χ3n) is 4.57. The Hall–Kier alpha value is -2.63. The van der Waals surface area contributed by atoms with Crippen molar-refractivity contribution in [1.29, 1.82) is 0 Å². The van der Waals surface area contributed by atoms with E-state index in [1.165, 1.54) is 4.90 Å². The highest BCUT2D eigenvalue weighted by Gasteiger charge is 2.22. The lowest BCUT2D eigenvalue weighted by Crippen LogP contribution is -2.35. The van der Waals surface area contributed by atoms with Crippen molar-refractivity contribution in [3.05, 3.63) is 41.6 Å². The van der Waals surface area contributed by atoms with E-state index in [0.717, 1.165) is 29.8 Å². The molecule has 152 valence electrons. The Labute approximate surface area is 167 Å². The Morgan fingerprint density at radius 3 is 2.39 bits per heavy atom. The summed E-state index contributed by atoms with van der Waals surface area (Å²) < 4.78 is 1.75. The average molecular weight is 385 g/mol. The van der Waals surface area contributed by atoms with Gasteiger partial charge in [0.2, 0.25) is 11.8 Å². The van der Waals surface area contributed by atoms with Crippen molar-refractivity contribution in [2.75, 3.05) is 18.9 Å². The van der Waals surface area contributed by atoms with E-state index >= 15 is 0 Å². The van der Waals surface area contributed by atoms with Crippen molar-refractivity contribution in [2.45, 2.75) is 59.3 Å². The van der Waals surface area contributed by atoms with Gasteiger partial charge in [-0.2, -0.15) is 5.10 Å². The number of benzene rings is 1. The van der Waals surface area contributed by atoms with Crippen LogP contribution in [-0.2, 0) is 15.0 Å². The number of unbranched alkanes of at least 4 members (excludes halogenated alkanes) is 1. The number of aromatic nitrogens is 2. The lowest BCUT2D eigenvalue weighted by molar-refractivity contribution is -0.133. The zero-order chi connectivity index (χ0) is 20.9. The van der Waals surface area contributed by atoms with Crippen LogP contribution in [0.1, 0.15) is 58.2 Å². The van der Waals surface area contributed by atoms with Crippen LogP contribution in [0.5, 0.6) is 0 Å². The normalized spacial score (nSPS) is 11.4. The standard InChI is InChI=1S/C22H32N4O2/c1-7-8-9-21(28)25(6)15-20(27)23-19-14-18(22(3,4)5)24-26(19)17-12-10-16(2)11-13-17/h10-14H,7-9,15H2,1-6H3,(H,23,27). The molecule has 0 atom stereocenters. The van der Waals surface area contributed by atoms with Crippen molar-refractivity contribution >= 4 is 17.6 Å². The Balaban J connectivity index is 2.21. The van der Waals surface area contributed by atoms with Gasteiger partial charge in [-0.1, -0.05) is 51.8 Å². The topological polar surface area (TPSA) is 67.2 Å². The number of likely N-dealkylation sites (N-methyl/N-ethyl adjacent to an activating group) is 1. The van der Waals surface area contributed by atoms with Crippen LogP contribution in [0.2, 0.25) is 0 Å². The molecule has 1 N–H and O–H groups in total. The number of hydrogen-bond acceptors (Lipinski definition) is 3. The molecule has 1 aromatic carbocycles. The van der Waals surface area contributed by atoms with Gasteiger partial charge in [0, 0.05) is 24.9 Å². The molecule has 2 rings (SSSR count). The third kappa shape index (κ3) is 5.68. The second kappa shape index (κ2) is 9.04. The fourth-order valence-electron chi connectivity index (χ4n) is 2.72. The molecule has 0 saturated carbocycles. The minimum absolute atomic E-state index is 0.0144. The largest absolute Gasteiger partial charge is 0.336 e. The van der Waals surface area contributed by atoms with Crippen LogP contribution in [0.15, 0.2) is 30.3 Å². The summed E-state index contributed by atoms with van der Waals surface area (Å²) in [4.78, 5) is 26.1. The number of nitrogens with one attached hydrogen (secondary N) is 1. The molecule has 0 aliphatic heterocycles. The van der Waals surface area contributed by atoms with Crippen molar-refractivity contribution in [3.63, 3.8) is 0 Å². The monoisotopic (exact) mass is 384 g/mol. The number of amides is 2. The van der Waals surface area contributed by atoms with Crippen LogP contribution < -0.4 is 5.32 Å². The molecule has 2 amide bonds. The average Bonchev–Trinajstić information content (AvgIpc) is 3.04. The maximum absolute atomic E-state index is 12.6. The second-order valence-corrected chi connectivity index (χ2v) is 8.31. The maximum Gasteiger partial charge on any atom is 0.245 e. The Kier molecular flexibility index (Phi) is 7.00. The summed E-state index contributed by atoms with van der Waals surface area (Å²) in [6.45, 7) is 10.3. The van der Waals surface area contributed by atoms with Gasteiger partial charge in [0.15, 0.2) is 0 Å². The summed E-state index contributed by atoms with van der Waals surface area (Å²) in [6.07, 6.45) is 2.26. The summed E-state index contributed by atoms with van der Waals surface area (Å²) in [5.74, 6) is 0.355. The number of carbonyl (C=O) groups is 2. The lowest BCUT2D eigenvalue weighted by Gasteiger charge is -2.17. The summed E-state index contributed by atoms with van der Waals surface area (Å²) in [6, 6.07) is 9.88. The van der Waals surface area contributed by atoms with Crippen molar-refractivity contribution in [1.82, 2.24) is 14.7 Å². The molecule has 0 fully saturated rings. The minimum Gasteiger partial charge on any atom is -0.336 e. The molecule has 0 radical (unpaired) electrons. The van der Waals surface area contributed by atoms with Crippen LogP contribution in [0.25, 0.3) is 5.69 Å². The predicted octanol–water partition coefficient (Wildman–Crippen LogP) is 4.07. The van der Waals surface area contributed by atoms with E-state index in [1.54, 1.807) is 11.7 Å². The summed E-state index contributed by atoms with van der Waals surface area (Å²) in [5, 5.41) is 7.64. The second-order valence-electron chi connectivity index (χ2n) is 8.31. The van der Waals surface area contributed by atoms with E-state index in [0.29, 0.717) is 12.2 Å². The molecule has 6 nitrogen and oxygen atoms in total. The Bertz CT molecular complexity index is 816. The van der Waals surface area contributed by atoms with Gasteiger partial charge in [0.05, 0.1) is 17.9 Å². The van der Waals surface area contributed by atoms with E-state index in [-0.39, 0.29) is 23.8 Å². The lowest BCUT2D eigenvalue weighted by atomic mass is 9.92. The van der Waals surface area contributed by atoms with Gasteiger partial charge >= 0.3 is 0 Å². The summed E-state index contributed by atoms with van der Waals surface area (Å²) in [7, 11) is 1.66. The molecular weight excluding hydrogens is 352 g/mol. The number of rotatable bonds is 7. The van der Waals surface area contributed by atoms with Crippen LogP contribution in [0.4, 0.5) is 5.82 Å². The maximum atomic E-state index is 12.6.